The van der Waals surface area contributed by atoms with Gasteiger partial charge in [0, 0.05) is 12.1 Å². The maximum atomic E-state index is 13.4. The third kappa shape index (κ3) is 3.38. The number of halogens is 3. The largest absolute Gasteiger partial charge is 0.326 e. The number of hydrogen-bond donors (Lipinski definition) is 1. The van der Waals surface area contributed by atoms with Gasteiger partial charge in [0.2, 0.25) is 0 Å². The van der Waals surface area contributed by atoms with Crippen molar-refractivity contribution in [2.24, 2.45) is 5.73 Å². The van der Waals surface area contributed by atoms with Crippen LogP contribution in [0.25, 0.3) is 0 Å². The highest BCUT2D eigenvalue weighted by Crippen LogP contribution is 2.29. The van der Waals surface area contributed by atoms with E-state index in [-0.39, 0.29) is 18.1 Å². The molecule has 0 aromatic heterocycles. The van der Waals surface area contributed by atoms with Crippen molar-refractivity contribution in [1.29, 1.82) is 0 Å². The van der Waals surface area contributed by atoms with Crippen molar-refractivity contribution >= 4 is 34.0 Å². The summed E-state index contributed by atoms with van der Waals surface area (Å²) >= 11 is 12.0. The van der Waals surface area contributed by atoms with Gasteiger partial charge in [0.15, 0.2) is 0 Å². The molecular weight excluding hydrogens is 320 g/mol. The van der Waals surface area contributed by atoms with Crippen LogP contribution in [-0.4, -0.2) is 4.21 Å². The van der Waals surface area contributed by atoms with E-state index in [4.69, 9.17) is 28.9 Å². The zero-order valence-electron chi connectivity index (χ0n) is 10.4. The summed E-state index contributed by atoms with van der Waals surface area (Å²) in [6, 6.07) is 9.47. The first-order valence-corrected chi connectivity index (χ1v) is 7.90. The molecule has 1 atom stereocenters. The van der Waals surface area contributed by atoms with Crippen LogP contribution in [0.1, 0.15) is 11.1 Å². The normalized spacial score (nSPS) is 12.4. The number of benzene rings is 2. The molecule has 2 N–H and O–H groups in total. The zero-order chi connectivity index (χ0) is 14.7. The van der Waals surface area contributed by atoms with Crippen LogP contribution in [0.2, 0.25) is 10.0 Å². The Morgan fingerprint density at radius 3 is 2.40 bits per heavy atom. The van der Waals surface area contributed by atoms with E-state index in [0.717, 1.165) is 5.56 Å². The Hall–Kier alpha value is -0.940. The van der Waals surface area contributed by atoms with Crippen molar-refractivity contribution in [3.05, 3.63) is 63.4 Å². The summed E-state index contributed by atoms with van der Waals surface area (Å²) in [7, 11) is -1.40. The molecule has 0 amide bonds. The van der Waals surface area contributed by atoms with Gasteiger partial charge in [-0.2, -0.15) is 0 Å². The number of rotatable bonds is 4. The molecule has 0 aliphatic heterocycles. The summed E-state index contributed by atoms with van der Waals surface area (Å²) in [4.78, 5) is 0.398. The minimum absolute atomic E-state index is 0.0964. The third-order valence-electron chi connectivity index (χ3n) is 2.77. The predicted octanol–water partition coefficient (Wildman–Crippen LogP) is 3.90. The Labute approximate surface area is 129 Å². The Morgan fingerprint density at radius 1 is 1.15 bits per heavy atom. The molecule has 2 aromatic rings. The minimum Gasteiger partial charge on any atom is -0.326 e. The van der Waals surface area contributed by atoms with E-state index in [2.05, 4.69) is 0 Å². The van der Waals surface area contributed by atoms with Crippen molar-refractivity contribution in [1.82, 2.24) is 0 Å². The Bertz CT molecular complexity index is 643. The minimum atomic E-state index is -1.40. The average Bonchev–Trinajstić information content (AvgIpc) is 2.40. The second-order valence-corrected chi connectivity index (χ2v) is 6.37. The lowest BCUT2D eigenvalue weighted by molar-refractivity contribution is 0.610. The van der Waals surface area contributed by atoms with E-state index < -0.39 is 10.8 Å². The van der Waals surface area contributed by atoms with Gasteiger partial charge in [-0.3, -0.25) is 4.21 Å². The molecule has 0 fully saturated rings. The summed E-state index contributed by atoms with van der Waals surface area (Å²) in [5, 5.41) is 0.717. The van der Waals surface area contributed by atoms with E-state index in [9.17, 15) is 8.60 Å². The second-order valence-electron chi connectivity index (χ2n) is 4.17. The van der Waals surface area contributed by atoms with Crippen molar-refractivity contribution in [2.45, 2.75) is 17.2 Å². The summed E-state index contributed by atoms with van der Waals surface area (Å²) in [5.74, 6) is -0.158. The molecule has 0 saturated carbocycles. The first-order valence-electron chi connectivity index (χ1n) is 5.82. The SMILES string of the molecule is NCc1cc(CS(=O)c2c(Cl)cccc2Cl)ccc1F. The average molecular weight is 332 g/mol. The maximum Gasteiger partial charge on any atom is 0.127 e. The van der Waals surface area contributed by atoms with Gasteiger partial charge in [0.05, 0.1) is 31.5 Å². The van der Waals surface area contributed by atoms with Crippen LogP contribution < -0.4 is 5.73 Å². The molecule has 20 heavy (non-hydrogen) atoms. The molecular formula is C14H12Cl2FNOS. The molecule has 0 radical (unpaired) electrons. The second kappa shape index (κ2) is 6.68. The fourth-order valence-electron chi connectivity index (χ4n) is 1.80. The molecule has 2 nitrogen and oxygen atoms in total. The van der Waals surface area contributed by atoms with E-state index in [1.54, 1.807) is 30.3 Å². The smallest absolute Gasteiger partial charge is 0.127 e. The van der Waals surface area contributed by atoms with Gasteiger partial charge in [0.25, 0.3) is 0 Å². The lowest BCUT2D eigenvalue weighted by Crippen LogP contribution is -2.03. The fourth-order valence-corrected chi connectivity index (χ4v) is 3.91. The van der Waals surface area contributed by atoms with Crippen LogP contribution in [0.15, 0.2) is 41.3 Å². The Morgan fingerprint density at radius 2 is 1.80 bits per heavy atom. The molecule has 106 valence electrons. The molecule has 0 bridgehead atoms. The van der Waals surface area contributed by atoms with Crippen LogP contribution in [0.3, 0.4) is 0 Å². The molecule has 0 spiro atoms. The van der Waals surface area contributed by atoms with Gasteiger partial charge >= 0.3 is 0 Å². The monoisotopic (exact) mass is 331 g/mol. The predicted molar refractivity (Wildman–Crippen MR) is 80.9 cm³/mol. The topological polar surface area (TPSA) is 43.1 Å². The van der Waals surface area contributed by atoms with E-state index in [1.165, 1.54) is 6.07 Å². The van der Waals surface area contributed by atoms with Crippen molar-refractivity contribution < 1.29 is 8.60 Å². The van der Waals surface area contributed by atoms with Gasteiger partial charge in [-0.1, -0.05) is 41.4 Å². The van der Waals surface area contributed by atoms with Crippen LogP contribution >= 0.6 is 23.2 Å². The molecule has 2 aromatic carbocycles. The fraction of sp³-hybridized carbons (Fsp3) is 0.143. The number of hydrogen-bond acceptors (Lipinski definition) is 2. The molecule has 0 aliphatic rings. The van der Waals surface area contributed by atoms with E-state index in [0.29, 0.717) is 20.5 Å². The molecule has 0 aliphatic carbocycles. The molecule has 2 rings (SSSR count). The van der Waals surface area contributed by atoms with Crippen LogP contribution in [-0.2, 0) is 23.1 Å². The lowest BCUT2D eigenvalue weighted by Gasteiger charge is -2.08. The molecule has 1 unspecified atom stereocenters. The highest BCUT2D eigenvalue weighted by Gasteiger charge is 2.14. The first-order chi connectivity index (χ1) is 9.52. The quantitative estimate of drug-likeness (QED) is 0.923. The van der Waals surface area contributed by atoms with Crippen LogP contribution in [0, 0.1) is 5.82 Å². The van der Waals surface area contributed by atoms with Crippen LogP contribution in [0.5, 0.6) is 0 Å². The van der Waals surface area contributed by atoms with E-state index in [1.807, 2.05) is 0 Å². The molecule has 6 heteroatoms. The van der Waals surface area contributed by atoms with Crippen molar-refractivity contribution in [3.8, 4) is 0 Å². The molecule has 0 saturated heterocycles. The van der Waals surface area contributed by atoms with Crippen molar-refractivity contribution in [2.75, 3.05) is 0 Å². The van der Waals surface area contributed by atoms with Gasteiger partial charge in [-0.05, 0) is 23.8 Å². The summed E-state index contributed by atoms with van der Waals surface area (Å²) in [5.41, 5.74) is 6.57. The summed E-state index contributed by atoms with van der Waals surface area (Å²) in [6.45, 7) is 0.0964. The standard InChI is InChI=1S/C14H12Cl2FNOS/c15-11-2-1-3-12(16)14(11)20(19)8-9-4-5-13(17)10(6-9)7-18/h1-6H,7-8,18H2. The Balaban J connectivity index is 2.28. The highest BCUT2D eigenvalue weighted by atomic mass is 35.5. The van der Waals surface area contributed by atoms with Crippen molar-refractivity contribution in [3.63, 3.8) is 0 Å². The van der Waals surface area contributed by atoms with Crippen LogP contribution in [0.4, 0.5) is 4.39 Å². The maximum absolute atomic E-state index is 13.4. The number of nitrogens with two attached hydrogens (primary N) is 1. The zero-order valence-corrected chi connectivity index (χ0v) is 12.7. The van der Waals surface area contributed by atoms with Gasteiger partial charge in [0.1, 0.15) is 5.82 Å². The third-order valence-corrected chi connectivity index (χ3v) is 5.12. The Kier molecular flexibility index (Phi) is 5.16. The highest BCUT2D eigenvalue weighted by molar-refractivity contribution is 7.84. The first kappa shape index (κ1) is 15.4. The van der Waals surface area contributed by atoms with Gasteiger partial charge < -0.3 is 5.73 Å². The van der Waals surface area contributed by atoms with Gasteiger partial charge in [-0.25, -0.2) is 4.39 Å². The van der Waals surface area contributed by atoms with E-state index >= 15 is 0 Å². The van der Waals surface area contributed by atoms with Gasteiger partial charge in [-0.15, -0.1) is 0 Å². The lowest BCUT2D eigenvalue weighted by atomic mass is 10.1. The summed E-state index contributed by atoms with van der Waals surface area (Å²) in [6.07, 6.45) is 0. The molecule has 0 heterocycles. The summed E-state index contributed by atoms with van der Waals surface area (Å²) < 4.78 is 25.7.